The molecule has 1 aliphatic heterocycles. The summed E-state index contributed by atoms with van der Waals surface area (Å²) in [5.74, 6) is -0.406. The molecular weight excluding hydrogens is 245 g/mol. The van der Waals surface area contributed by atoms with E-state index >= 15 is 0 Å². The van der Waals surface area contributed by atoms with Crippen LogP contribution in [0.4, 0.5) is 4.39 Å². The number of rotatable bonds is 3. The van der Waals surface area contributed by atoms with E-state index in [2.05, 4.69) is 4.90 Å². The fraction of sp³-hybridized carbons (Fsp3) is 0.500. The average molecular weight is 260 g/mol. The first-order valence-corrected chi connectivity index (χ1v) is 5.95. The van der Waals surface area contributed by atoms with E-state index in [-0.39, 0.29) is 17.7 Å². The van der Waals surface area contributed by atoms with Crippen molar-refractivity contribution in [3.8, 4) is 0 Å². The van der Waals surface area contributed by atoms with Gasteiger partial charge >= 0.3 is 0 Å². The molecule has 2 rings (SSSR count). The van der Waals surface area contributed by atoms with Gasteiger partial charge in [-0.1, -0.05) is 17.7 Å². The molecule has 0 aromatic heterocycles. The second-order valence-electron chi connectivity index (χ2n) is 4.13. The molecule has 1 saturated heterocycles. The first-order valence-electron chi connectivity index (χ1n) is 5.57. The predicted molar refractivity (Wildman–Crippen MR) is 63.5 cm³/mol. The molecule has 3 nitrogen and oxygen atoms in total. The monoisotopic (exact) mass is 259 g/mol. The molecule has 0 radical (unpaired) electrons. The van der Waals surface area contributed by atoms with Crippen LogP contribution >= 0.6 is 11.6 Å². The van der Waals surface area contributed by atoms with E-state index in [1.807, 2.05) is 0 Å². The summed E-state index contributed by atoms with van der Waals surface area (Å²) in [4.78, 5) is 2.12. The van der Waals surface area contributed by atoms with E-state index < -0.39 is 5.82 Å². The molecule has 17 heavy (non-hydrogen) atoms. The quantitative estimate of drug-likeness (QED) is 0.896. The summed E-state index contributed by atoms with van der Waals surface area (Å²) in [5, 5.41) is 9.37. The van der Waals surface area contributed by atoms with Crippen molar-refractivity contribution in [2.75, 3.05) is 26.4 Å². The van der Waals surface area contributed by atoms with E-state index in [9.17, 15) is 9.50 Å². The highest BCUT2D eigenvalue weighted by Gasteiger charge is 2.22. The molecule has 1 fully saturated rings. The van der Waals surface area contributed by atoms with Gasteiger partial charge in [0.2, 0.25) is 0 Å². The summed E-state index contributed by atoms with van der Waals surface area (Å²) >= 11 is 5.73. The first kappa shape index (κ1) is 12.8. The van der Waals surface area contributed by atoms with Crippen LogP contribution in [0, 0.1) is 5.82 Å². The van der Waals surface area contributed by atoms with Gasteiger partial charge in [0.15, 0.2) is 0 Å². The van der Waals surface area contributed by atoms with Gasteiger partial charge in [-0.05, 0) is 17.7 Å². The lowest BCUT2D eigenvalue weighted by atomic mass is 10.1. The Balaban J connectivity index is 2.05. The van der Waals surface area contributed by atoms with Crippen molar-refractivity contribution in [3.05, 3.63) is 34.6 Å². The van der Waals surface area contributed by atoms with Crippen LogP contribution in [0.2, 0.25) is 5.02 Å². The molecule has 1 atom stereocenters. The first-order chi connectivity index (χ1) is 8.20. The smallest absolute Gasteiger partial charge is 0.141 e. The highest BCUT2D eigenvalue weighted by molar-refractivity contribution is 6.30. The second-order valence-corrected chi connectivity index (χ2v) is 4.54. The van der Waals surface area contributed by atoms with Gasteiger partial charge in [-0.15, -0.1) is 0 Å². The van der Waals surface area contributed by atoms with Gasteiger partial charge in [-0.2, -0.15) is 0 Å². The summed E-state index contributed by atoms with van der Waals surface area (Å²) < 4.78 is 18.3. The fourth-order valence-corrected chi connectivity index (χ4v) is 2.14. The van der Waals surface area contributed by atoms with Gasteiger partial charge in [0.25, 0.3) is 0 Å². The lowest BCUT2D eigenvalue weighted by Crippen LogP contribution is -2.46. The second kappa shape index (κ2) is 5.78. The Kier molecular flexibility index (Phi) is 4.34. The Morgan fingerprint density at radius 1 is 1.53 bits per heavy atom. The van der Waals surface area contributed by atoms with E-state index in [0.29, 0.717) is 19.8 Å². The predicted octanol–water partition coefficient (Wildman–Crippen LogP) is 1.67. The topological polar surface area (TPSA) is 32.7 Å². The Hall–Kier alpha value is -0.680. The lowest BCUT2D eigenvalue weighted by Gasteiger charge is -2.34. The summed E-state index contributed by atoms with van der Waals surface area (Å²) in [6.45, 7) is 2.67. The zero-order valence-electron chi connectivity index (χ0n) is 9.40. The SMILES string of the molecule is OC[C@H]1COCCN1Cc1ccc(F)c(Cl)c1. The normalized spacial score (nSPS) is 21.7. The number of aliphatic hydroxyl groups excluding tert-OH is 1. The van der Waals surface area contributed by atoms with Crippen LogP contribution in [0.3, 0.4) is 0 Å². The average Bonchev–Trinajstić information content (AvgIpc) is 2.34. The highest BCUT2D eigenvalue weighted by atomic mass is 35.5. The third-order valence-corrected chi connectivity index (χ3v) is 3.22. The number of halogens is 2. The van der Waals surface area contributed by atoms with Crippen LogP contribution in [-0.2, 0) is 11.3 Å². The van der Waals surface area contributed by atoms with Crippen molar-refractivity contribution in [2.45, 2.75) is 12.6 Å². The van der Waals surface area contributed by atoms with Crippen molar-refractivity contribution >= 4 is 11.6 Å². The van der Waals surface area contributed by atoms with Crippen LogP contribution in [0.5, 0.6) is 0 Å². The van der Waals surface area contributed by atoms with Gasteiger partial charge in [0, 0.05) is 13.1 Å². The summed E-state index contributed by atoms with van der Waals surface area (Å²) in [6.07, 6.45) is 0. The molecule has 0 unspecified atom stereocenters. The molecule has 1 N–H and O–H groups in total. The Morgan fingerprint density at radius 2 is 2.35 bits per heavy atom. The van der Waals surface area contributed by atoms with Gasteiger partial charge in [0.1, 0.15) is 5.82 Å². The van der Waals surface area contributed by atoms with Gasteiger partial charge in [-0.25, -0.2) is 4.39 Å². The zero-order chi connectivity index (χ0) is 12.3. The Bertz CT molecular complexity index is 389. The molecule has 1 aromatic carbocycles. The summed E-state index contributed by atoms with van der Waals surface area (Å²) in [6, 6.07) is 4.71. The largest absolute Gasteiger partial charge is 0.395 e. The molecule has 0 spiro atoms. The minimum atomic E-state index is -0.406. The molecular formula is C12H15ClFNO2. The van der Waals surface area contributed by atoms with Gasteiger partial charge < -0.3 is 9.84 Å². The highest BCUT2D eigenvalue weighted by Crippen LogP contribution is 2.18. The number of ether oxygens (including phenoxy) is 1. The molecule has 1 aliphatic rings. The number of nitrogens with zero attached hydrogens (tertiary/aromatic N) is 1. The van der Waals surface area contributed by atoms with E-state index in [0.717, 1.165) is 12.1 Å². The van der Waals surface area contributed by atoms with E-state index in [1.165, 1.54) is 6.07 Å². The molecule has 94 valence electrons. The number of aliphatic hydroxyl groups is 1. The number of hydrogen-bond donors (Lipinski definition) is 1. The van der Waals surface area contributed by atoms with Crippen LogP contribution in [-0.4, -0.2) is 42.4 Å². The molecule has 5 heteroatoms. The van der Waals surface area contributed by atoms with Crippen LogP contribution in [0.15, 0.2) is 18.2 Å². The minimum Gasteiger partial charge on any atom is -0.395 e. The Morgan fingerprint density at radius 3 is 3.06 bits per heavy atom. The summed E-state index contributed by atoms with van der Waals surface area (Å²) in [7, 11) is 0. The zero-order valence-corrected chi connectivity index (χ0v) is 10.2. The van der Waals surface area contributed by atoms with Crippen molar-refractivity contribution in [1.29, 1.82) is 0 Å². The van der Waals surface area contributed by atoms with E-state index in [1.54, 1.807) is 12.1 Å². The van der Waals surface area contributed by atoms with Crippen molar-refractivity contribution in [1.82, 2.24) is 4.90 Å². The minimum absolute atomic E-state index is 0.00702. The number of hydrogen-bond acceptors (Lipinski definition) is 3. The molecule has 1 aromatic rings. The van der Waals surface area contributed by atoms with Crippen LogP contribution < -0.4 is 0 Å². The molecule has 0 bridgehead atoms. The maximum Gasteiger partial charge on any atom is 0.141 e. The maximum absolute atomic E-state index is 13.0. The lowest BCUT2D eigenvalue weighted by molar-refractivity contribution is -0.0312. The third kappa shape index (κ3) is 3.16. The van der Waals surface area contributed by atoms with Crippen molar-refractivity contribution in [3.63, 3.8) is 0 Å². The maximum atomic E-state index is 13.0. The third-order valence-electron chi connectivity index (χ3n) is 2.93. The van der Waals surface area contributed by atoms with Crippen LogP contribution in [0.25, 0.3) is 0 Å². The molecule has 0 amide bonds. The van der Waals surface area contributed by atoms with Crippen LogP contribution in [0.1, 0.15) is 5.56 Å². The van der Waals surface area contributed by atoms with E-state index in [4.69, 9.17) is 16.3 Å². The number of morpholine rings is 1. The van der Waals surface area contributed by atoms with Gasteiger partial charge in [0.05, 0.1) is 30.9 Å². The molecule has 1 heterocycles. The molecule has 0 aliphatic carbocycles. The Labute approximate surface area is 105 Å². The fourth-order valence-electron chi connectivity index (χ4n) is 1.94. The molecule has 0 saturated carbocycles. The summed E-state index contributed by atoms with van der Waals surface area (Å²) in [5.41, 5.74) is 0.941. The standard InChI is InChI=1S/C12H15ClFNO2/c13-11-5-9(1-2-12(11)14)6-15-3-4-17-8-10(15)7-16/h1-2,5,10,16H,3-4,6-8H2/t10-/m0/s1. The van der Waals surface area contributed by atoms with Gasteiger partial charge in [-0.3, -0.25) is 4.90 Å². The van der Waals surface area contributed by atoms with Crippen molar-refractivity contribution in [2.24, 2.45) is 0 Å². The number of benzene rings is 1. The van der Waals surface area contributed by atoms with Crippen molar-refractivity contribution < 1.29 is 14.2 Å².